The van der Waals surface area contributed by atoms with Gasteiger partial charge in [-0.05, 0) is 44.0 Å². The second kappa shape index (κ2) is 11.1. The molecule has 2 aromatic heterocycles. The zero-order valence-electron chi connectivity index (χ0n) is 19.7. The SMILES string of the molecule is CCCCCN(C(=O)c1nc(C)n(-c2ccc(Cl)cc2)n1)c1c(N)n(CCCC)c(=O)[nH]c1=O. The van der Waals surface area contributed by atoms with Crippen LogP contribution in [0.4, 0.5) is 11.5 Å². The highest BCUT2D eigenvalue weighted by Gasteiger charge is 2.28. The van der Waals surface area contributed by atoms with E-state index < -0.39 is 17.2 Å². The van der Waals surface area contributed by atoms with Gasteiger partial charge in [0.15, 0.2) is 5.69 Å². The molecular formula is C23H30ClN7O3. The fourth-order valence-electron chi connectivity index (χ4n) is 3.64. The highest BCUT2D eigenvalue weighted by molar-refractivity contribution is 6.30. The number of halogens is 1. The van der Waals surface area contributed by atoms with Crippen LogP contribution in [0.15, 0.2) is 33.9 Å². The lowest BCUT2D eigenvalue weighted by Gasteiger charge is -2.23. The van der Waals surface area contributed by atoms with Crippen LogP contribution in [0.1, 0.15) is 62.4 Å². The Morgan fingerprint density at radius 2 is 1.79 bits per heavy atom. The Morgan fingerprint density at radius 1 is 1.12 bits per heavy atom. The lowest BCUT2D eigenvalue weighted by atomic mass is 10.2. The molecule has 3 rings (SSSR count). The molecule has 0 aliphatic rings. The minimum atomic E-state index is -0.714. The van der Waals surface area contributed by atoms with E-state index in [-0.39, 0.29) is 23.9 Å². The van der Waals surface area contributed by atoms with Gasteiger partial charge in [-0.15, -0.1) is 5.10 Å². The summed E-state index contributed by atoms with van der Waals surface area (Å²) in [6.45, 7) is 6.33. The van der Waals surface area contributed by atoms with Gasteiger partial charge in [0.2, 0.25) is 5.82 Å². The van der Waals surface area contributed by atoms with E-state index in [0.29, 0.717) is 35.9 Å². The van der Waals surface area contributed by atoms with Crippen LogP contribution < -0.4 is 21.9 Å². The summed E-state index contributed by atoms with van der Waals surface area (Å²) in [5.41, 5.74) is 5.60. The summed E-state index contributed by atoms with van der Waals surface area (Å²) in [6, 6.07) is 6.97. The van der Waals surface area contributed by atoms with Gasteiger partial charge in [0.1, 0.15) is 11.6 Å². The highest BCUT2D eigenvalue weighted by Crippen LogP contribution is 2.21. The molecule has 0 aliphatic carbocycles. The van der Waals surface area contributed by atoms with Crippen LogP contribution in [-0.2, 0) is 6.54 Å². The van der Waals surface area contributed by atoms with E-state index in [1.165, 1.54) is 14.1 Å². The number of aryl methyl sites for hydroxylation is 1. The zero-order chi connectivity index (χ0) is 24.8. The lowest BCUT2D eigenvalue weighted by molar-refractivity contribution is 0.0976. The van der Waals surface area contributed by atoms with Crippen molar-refractivity contribution in [3.05, 3.63) is 61.8 Å². The quantitative estimate of drug-likeness (QED) is 0.422. The van der Waals surface area contributed by atoms with Gasteiger partial charge in [-0.2, -0.15) is 0 Å². The molecule has 182 valence electrons. The van der Waals surface area contributed by atoms with Crippen molar-refractivity contribution in [2.45, 2.75) is 59.4 Å². The Kier molecular flexibility index (Phi) is 8.27. The van der Waals surface area contributed by atoms with Gasteiger partial charge in [-0.3, -0.25) is 24.0 Å². The molecular weight excluding hydrogens is 458 g/mol. The minimum absolute atomic E-state index is 0.0408. The van der Waals surface area contributed by atoms with Crippen molar-refractivity contribution >= 4 is 29.0 Å². The molecule has 0 saturated heterocycles. The van der Waals surface area contributed by atoms with Crippen LogP contribution in [0.5, 0.6) is 0 Å². The molecule has 3 aromatic rings. The van der Waals surface area contributed by atoms with Crippen molar-refractivity contribution < 1.29 is 4.79 Å². The number of nitrogen functional groups attached to an aromatic ring is 1. The predicted octanol–water partition coefficient (Wildman–Crippen LogP) is 3.30. The largest absolute Gasteiger partial charge is 0.383 e. The summed E-state index contributed by atoms with van der Waals surface area (Å²) in [5.74, 6) is -0.186. The number of nitrogens with two attached hydrogens (primary N) is 1. The molecule has 0 radical (unpaired) electrons. The first kappa shape index (κ1) is 25.2. The number of rotatable bonds is 10. The molecule has 2 heterocycles. The number of hydrogen-bond acceptors (Lipinski definition) is 6. The summed E-state index contributed by atoms with van der Waals surface area (Å²) in [4.78, 5) is 46.7. The smallest absolute Gasteiger partial charge is 0.330 e. The van der Waals surface area contributed by atoms with Crippen molar-refractivity contribution in [3.8, 4) is 5.69 Å². The van der Waals surface area contributed by atoms with E-state index in [0.717, 1.165) is 19.3 Å². The van der Waals surface area contributed by atoms with Crippen LogP contribution in [0.25, 0.3) is 5.69 Å². The normalized spacial score (nSPS) is 11.1. The predicted molar refractivity (Wildman–Crippen MR) is 133 cm³/mol. The van der Waals surface area contributed by atoms with Gasteiger partial charge >= 0.3 is 5.69 Å². The van der Waals surface area contributed by atoms with Crippen molar-refractivity contribution in [2.24, 2.45) is 0 Å². The molecule has 1 amide bonds. The fraction of sp³-hybridized carbons (Fsp3) is 0.435. The molecule has 0 aliphatic heterocycles. The fourth-order valence-corrected chi connectivity index (χ4v) is 3.77. The molecule has 0 bridgehead atoms. The second-order valence-electron chi connectivity index (χ2n) is 8.03. The number of aromatic nitrogens is 5. The Morgan fingerprint density at radius 3 is 2.44 bits per heavy atom. The minimum Gasteiger partial charge on any atom is -0.383 e. The van der Waals surface area contributed by atoms with Crippen LogP contribution in [0, 0.1) is 6.92 Å². The number of H-pyrrole nitrogens is 1. The molecule has 1 aromatic carbocycles. The van der Waals surface area contributed by atoms with E-state index >= 15 is 0 Å². The van der Waals surface area contributed by atoms with E-state index in [4.69, 9.17) is 17.3 Å². The van der Waals surface area contributed by atoms with Crippen molar-refractivity contribution in [1.82, 2.24) is 24.3 Å². The number of carbonyl (C=O) groups is 1. The van der Waals surface area contributed by atoms with Crippen LogP contribution in [0.3, 0.4) is 0 Å². The topological polar surface area (TPSA) is 132 Å². The molecule has 11 heteroatoms. The van der Waals surface area contributed by atoms with Gasteiger partial charge in [-0.25, -0.2) is 14.5 Å². The molecule has 0 saturated carbocycles. The van der Waals surface area contributed by atoms with Crippen LogP contribution in [-0.4, -0.2) is 36.8 Å². The first-order chi connectivity index (χ1) is 16.3. The van der Waals surface area contributed by atoms with Gasteiger partial charge in [0, 0.05) is 18.1 Å². The maximum Gasteiger partial charge on any atom is 0.330 e. The van der Waals surface area contributed by atoms with Gasteiger partial charge < -0.3 is 5.73 Å². The Hall–Kier alpha value is -3.40. The third-order valence-electron chi connectivity index (χ3n) is 5.48. The number of carbonyl (C=O) groups excluding carboxylic acids is 1. The zero-order valence-corrected chi connectivity index (χ0v) is 20.4. The number of unbranched alkanes of at least 4 members (excludes halogenated alkanes) is 3. The molecule has 0 atom stereocenters. The van der Waals surface area contributed by atoms with Crippen molar-refractivity contribution in [2.75, 3.05) is 17.2 Å². The number of hydrogen-bond donors (Lipinski definition) is 2. The van der Waals surface area contributed by atoms with E-state index in [2.05, 4.69) is 15.1 Å². The molecule has 0 spiro atoms. The van der Waals surface area contributed by atoms with E-state index in [9.17, 15) is 14.4 Å². The monoisotopic (exact) mass is 487 g/mol. The van der Waals surface area contributed by atoms with E-state index in [1.807, 2.05) is 13.8 Å². The lowest BCUT2D eigenvalue weighted by Crippen LogP contribution is -2.42. The third kappa shape index (κ3) is 5.39. The van der Waals surface area contributed by atoms with Crippen molar-refractivity contribution in [3.63, 3.8) is 0 Å². The first-order valence-electron chi connectivity index (χ1n) is 11.4. The Bertz CT molecular complexity index is 1260. The summed E-state index contributed by atoms with van der Waals surface area (Å²) in [6.07, 6.45) is 3.96. The summed E-state index contributed by atoms with van der Waals surface area (Å²) in [7, 11) is 0. The Balaban J connectivity index is 2.06. The van der Waals surface area contributed by atoms with Gasteiger partial charge in [0.05, 0.1) is 5.69 Å². The number of aromatic amines is 1. The summed E-state index contributed by atoms with van der Waals surface area (Å²) >= 11 is 5.97. The average molecular weight is 488 g/mol. The number of nitrogens with zero attached hydrogens (tertiary/aromatic N) is 5. The number of amides is 1. The van der Waals surface area contributed by atoms with Crippen LogP contribution >= 0.6 is 11.6 Å². The maximum atomic E-state index is 13.6. The first-order valence-corrected chi connectivity index (χ1v) is 11.8. The summed E-state index contributed by atoms with van der Waals surface area (Å²) < 4.78 is 2.83. The van der Waals surface area contributed by atoms with Gasteiger partial charge in [-0.1, -0.05) is 44.7 Å². The molecule has 3 N–H and O–H groups in total. The third-order valence-corrected chi connectivity index (χ3v) is 5.73. The molecule has 0 unspecified atom stereocenters. The molecule has 10 nitrogen and oxygen atoms in total. The number of nitrogens with one attached hydrogen (secondary N) is 1. The number of anilines is 2. The number of benzene rings is 1. The molecule has 0 fully saturated rings. The Labute approximate surface area is 202 Å². The second-order valence-corrected chi connectivity index (χ2v) is 8.47. The van der Waals surface area contributed by atoms with Crippen LogP contribution in [0.2, 0.25) is 5.02 Å². The highest BCUT2D eigenvalue weighted by atomic mass is 35.5. The summed E-state index contributed by atoms with van der Waals surface area (Å²) in [5, 5.41) is 4.96. The average Bonchev–Trinajstić information content (AvgIpc) is 3.19. The van der Waals surface area contributed by atoms with Gasteiger partial charge in [0.25, 0.3) is 11.5 Å². The maximum absolute atomic E-state index is 13.6. The van der Waals surface area contributed by atoms with Crippen molar-refractivity contribution in [1.29, 1.82) is 0 Å². The van der Waals surface area contributed by atoms with E-state index in [1.54, 1.807) is 31.2 Å². The molecule has 34 heavy (non-hydrogen) atoms. The standard InChI is InChI=1S/C23H30ClN7O3/c1-4-6-8-14-29(18-19(25)30(13-7-5-2)23(34)27-21(18)32)22(33)20-26-15(3)31(28-20)17-11-9-16(24)10-12-17/h9-12H,4-8,13-14,25H2,1-3H3,(H,27,32,34).